The quantitative estimate of drug-likeness (QED) is 0.760. The molecule has 0 bridgehead atoms. The molecule has 8 nitrogen and oxygen atoms in total. The lowest BCUT2D eigenvalue weighted by Crippen LogP contribution is -2.45. The number of nitrogens with zero attached hydrogens (tertiary/aromatic N) is 2. The molecule has 2 aromatic rings. The van der Waals surface area contributed by atoms with Gasteiger partial charge in [-0.05, 0) is 37.1 Å². The van der Waals surface area contributed by atoms with Crippen LogP contribution >= 0.6 is 0 Å². The zero-order valence-electron chi connectivity index (χ0n) is 17.1. The summed E-state index contributed by atoms with van der Waals surface area (Å²) in [6, 6.07) is 9.81. The van der Waals surface area contributed by atoms with Crippen LogP contribution in [0.2, 0.25) is 0 Å². The summed E-state index contributed by atoms with van der Waals surface area (Å²) in [6.07, 6.45) is 3.06. The summed E-state index contributed by atoms with van der Waals surface area (Å²) < 4.78 is 5.63. The molecule has 3 amide bonds. The molecule has 0 radical (unpaired) electrons. The Morgan fingerprint density at radius 3 is 2.70 bits per heavy atom. The number of anilines is 1. The van der Waals surface area contributed by atoms with Gasteiger partial charge in [0.25, 0.3) is 0 Å². The van der Waals surface area contributed by atoms with Crippen LogP contribution in [0.25, 0.3) is 0 Å². The number of nitrogens with two attached hydrogens (primary N) is 1. The summed E-state index contributed by atoms with van der Waals surface area (Å²) in [5.74, 6) is -0.144. The van der Waals surface area contributed by atoms with Crippen LogP contribution in [-0.2, 0) is 9.59 Å². The van der Waals surface area contributed by atoms with Crippen LogP contribution in [0, 0.1) is 11.8 Å². The van der Waals surface area contributed by atoms with Crippen molar-refractivity contribution in [3.8, 4) is 11.6 Å². The number of pyridine rings is 1. The van der Waals surface area contributed by atoms with E-state index in [9.17, 15) is 14.4 Å². The van der Waals surface area contributed by atoms with Gasteiger partial charge in [-0.15, -0.1) is 0 Å². The number of carbonyl (C=O) groups excluding carboxylic acids is 3. The van der Waals surface area contributed by atoms with Crippen molar-refractivity contribution in [3.63, 3.8) is 0 Å². The van der Waals surface area contributed by atoms with E-state index in [0.717, 1.165) is 12.8 Å². The second-order valence-electron chi connectivity index (χ2n) is 7.65. The Morgan fingerprint density at radius 1 is 1.23 bits per heavy atom. The Kier molecular flexibility index (Phi) is 6.66. The third kappa shape index (κ3) is 5.34. The van der Waals surface area contributed by atoms with Crippen LogP contribution in [0.3, 0.4) is 0 Å². The van der Waals surface area contributed by atoms with Crippen LogP contribution < -0.4 is 15.8 Å². The fourth-order valence-electron chi connectivity index (χ4n) is 3.35. The van der Waals surface area contributed by atoms with Crippen LogP contribution in [0.5, 0.6) is 11.6 Å². The minimum absolute atomic E-state index is 0.0766. The lowest BCUT2D eigenvalue weighted by atomic mass is 9.96. The maximum absolute atomic E-state index is 12.6. The first-order valence-corrected chi connectivity index (χ1v) is 9.97. The maximum atomic E-state index is 12.6. The Hall–Kier alpha value is -3.42. The number of amides is 3. The largest absolute Gasteiger partial charge is 0.439 e. The van der Waals surface area contributed by atoms with Gasteiger partial charge in [-0.1, -0.05) is 19.9 Å². The summed E-state index contributed by atoms with van der Waals surface area (Å²) in [5, 5.41) is 2.86. The van der Waals surface area contributed by atoms with E-state index in [1.54, 1.807) is 35.2 Å². The third-order valence-electron chi connectivity index (χ3n) is 4.94. The Morgan fingerprint density at radius 2 is 2.03 bits per heavy atom. The van der Waals surface area contributed by atoms with Crippen molar-refractivity contribution in [1.29, 1.82) is 0 Å². The molecule has 1 fully saturated rings. The molecule has 158 valence electrons. The molecule has 8 heteroatoms. The second kappa shape index (κ2) is 9.39. The number of benzene rings is 1. The van der Waals surface area contributed by atoms with E-state index in [-0.39, 0.29) is 23.7 Å². The fraction of sp³-hybridized carbons (Fsp3) is 0.364. The molecule has 0 aliphatic carbocycles. The molecular weight excluding hydrogens is 384 g/mol. The highest BCUT2D eigenvalue weighted by Gasteiger charge is 2.29. The zero-order chi connectivity index (χ0) is 21.7. The molecule has 1 aliphatic heterocycles. The van der Waals surface area contributed by atoms with Crippen LogP contribution in [0.15, 0.2) is 42.6 Å². The molecule has 3 rings (SSSR count). The highest BCUT2D eigenvalue weighted by Crippen LogP contribution is 2.23. The molecule has 1 saturated heterocycles. The van der Waals surface area contributed by atoms with E-state index in [1.165, 1.54) is 12.3 Å². The normalized spacial score (nSPS) is 16.2. The Bertz CT molecular complexity index is 927. The first-order valence-electron chi connectivity index (χ1n) is 9.97. The number of nitrogens with one attached hydrogen (secondary N) is 1. The second-order valence-corrected chi connectivity index (χ2v) is 7.65. The number of carbonyl (C=O) groups is 3. The standard InChI is InChI=1S/C22H26N4O4/c1-14(2)22(29)26-10-4-6-16(13-26)21(28)25-17-8-9-19(24-12-17)30-18-7-3-5-15(11-18)20(23)27/h3,5,7-9,11-12,14,16H,4,6,10,13H2,1-2H3,(H2,23,27)(H,25,28). The van der Waals surface area contributed by atoms with Crippen molar-refractivity contribution < 1.29 is 19.1 Å². The molecule has 1 aromatic heterocycles. The lowest BCUT2D eigenvalue weighted by Gasteiger charge is -2.33. The maximum Gasteiger partial charge on any atom is 0.248 e. The highest BCUT2D eigenvalue weighted by atomic mass is 16.5. The summed E-state index contributed by atoms with van der Waals surface area (Å²) >= 11 is 0. The van der Waals surface area contributed by atoms with Gasteiger partial charge in [0, 0.05) is 30.6 Å². The van der Waals surface area contributed by atoms with Gasteiger partial charge in [-0.3, -0.25) is 14.4 Å². The Labute approximate surface area is 175 Å². The molecule has 1 aliphatic rings. The van der Waals surface area contributed by atoms with Gasteiger partial charge in [0.1, 0.15) is 5.75 Å². The Balaban J connectivity index is 1.59. The van der Waals surface area contributed by atoms with Crippen molar-refractivity contribution in [1.82, 2.24) is 9.88 Å². The average molecular weight is 410 g/mol. The van der Waals surface area contributed by atoms with Gasteiger partial charge in [0.05, 0.1) is 17.8 Å². The summed E-state index contributed by atoms with van der Waals surface area (Å²) in [4.78, 5) is 42.1. The predicted octanol–water partition coefficient (Wildman–Crippen LogP) is 2.81. The number of hydrogen-bond acceptors (Lipinski definition) is 5. The summed E-state index contributed by atoms with van der Waals surface area (Å²) in [5.41, 5.74) is 6.16. The summed E-state index contributed by atoms with van der Waals surface area (Å²) in [7, 11) is 0. The molecule has 0 spiro atoms. The van der Waals surface area contributed by atoms with Crippen molar-refractivity contribution in [2.45, 2.75) is 26.7 Å². The zero-order valence-corrected chi connectivity index (χ0v) is 17.1. The molecular formula is C22H26N4O4. The number of likely N-dealkylation sites (tertiary alicyclic amines) is 1. The molecule has 0 saturated carbocycles. The van der Waals surface area contributed by atoms with Gasteiger partial charge in [0.15, 0.2) is 0 Å². The smallest absolute Gasteiger partial charge is 0.248 e. The number of primary amides is 1. The molecule has 1 atom stereocenters. The van der Waals surface area contributed by atoms with Crippen LogP contribution in [-0.4, -0.2) is 40.7 Å². The van der Waals surface area contributed by atoms with Crippen molar-refractivity contribution in [2.24, 2.45) is 17.6 Å². The van der Waals surface area contributed by atoms with Gasteiger partial charge >= 0.3 is 0 Å². The fourth-order valence-corrected chi connectivity index (χ4v) is 3.35. The van der Waals surface area contributed by atoms with Gasteiger partial charge < -0.3 is 20.7 Å². The number of piperidine rings is 1. The molecule has 30 heavy (non-hydrogen) atoms. The van der Waals surface area contributed by atoms with E-state index in [0.29, 0.717) is 36.0 Å². The molecule has 2 heterocycles. The number of ether oxygens (including phenoxy) is 1. The lowest BCUT2D eigenvalue weighted by molar-refractivity contribution is -0.137. The third-order valence-corrected chi connectivity index (χ3v) is 4.94. The van der Waals surface area contributed by atoms with Crippen molar-refractivity contribution in [3.05, 3.63) is 48.2 Å². The predicted molar refractivity (Wildman–Crippen MR) is 112 cm³/mol. The van der Waals surface area contributed by atoms with Gasteiger partial charge in [-0.2, -0.15) is 0 Å². The van der Waals surface area contributed by atoms with Crippen LogP contribution in [0.4, 0.5) is 5.69 Å². The van der Waals surface area contributed by atoms with Crippen molar-refractivity contribution in [2.75, 3.05) is 18.4 Å². The molecule has 3 N–H and O–H groups in total. The minimum atomic E-state index is -0.539. The first-order chi connectivity index (χ1) is 14.3. The van der Waals surface area contributed by atoms with Gasteiger partial charge in [0.2, 0.25) is 23.6 Å². The SMILES string of the molecule is CC(C)C(=O)N1CCCC(C(=O)Nc2ccc(Oc3cccc(C(N)=O)c3)nc2)C1. The van der Waals surface area contributed by atoms with E-state index in [2.05, 4.69) is 10.3 Å². The number of hydrogen-bond donors (Lipinski definition) is 2. The van der Waals surface area contributed by atoms with Crippen molar-refractivity contribution >= 4 is 23.4 Å². The van der Waals surface area contributed by atoms with E-state index >= 15 is 0 Å². The monoisotopic (exact) mass is 410 g/mol. The number of aromatic nitrogens is 1. The highest BCUT2D eigenvalue weighted by molar-refractivity contribution is 5.93. The van der Waals surface area contributed by atoms with E-state index in [1.807, 2.05) is 13.8 Å². The average Bonchev–Trinajstić information content (AvgIpc) is 2.74. The number of rotatable bonds is 6. The van der Waals surface area contributed by atoms with E-state index < -0.39 is 5.91 Å². The summed E-state index contributed by atoms with van der Waals surface area (Å²) in [6.45, 7) is 4.87. The molecule has 1 aromatic carbocycles. The van der Waals surface area contributed by atoms with Crippen LogP contribution in [0.1, 0.15) is 37.0 Å². The topological polar surface area (TPSA) is 115 Å². The molecule has 1 unspecified atom stereocenters. The minimum Gasteiger partial charge on any atom is -0.439 e. The van der Waals surface area contributed by atoms with E-state index in [4.69, 9.17) is 10.5 Å². The first kappa shape index (κ1) is 21.3. The van der Waals surface area contributed by atoms with Gasteiger partial charge in [-0.25, -0.2) is 4.98 Å².